The van der Waals surface area contributed by atoms with Crippen molar-refractivity contribution < 1.29 is 4.42 Å². The molecule has 0 unspecified atom stereocenters. The van der Waals surface area contributed by atoms with Gasteiger partial charge < -0.3 is 8.98 Å². The fourth-order valence-corrected chi connectivity index (χ4v) is 8.17. The fraction of sp³-hybridized carbons (Fsp3) is 0. The lowest BCUT2D eigenvalue weighted by atomic mass is 9.96. The molecule has 0 aliphatic carbocycles. The van der Waals surface area contributed by atoms with Gasteiger partial charge >= 0.3 is 0 Å². The zero-order chi connectivity index (χ0) is 37.0. The maximum absolute atomic E-state index is 6.29. The van der Waals surface area contributed by atoms with Crippen LogP contribution in [0.2, 0.25) is 0 Å². The summed E-state index contributed by atoms with van der Waals surface area (Å²) in [4.78, 5) is 10.4. The lowest BCUT2D eigenvalue weighted by Crippen LogP contribution is -1.96. The lowest BCUT2D eigenvalue weighted by Gasteiger charge is -2.11. The maximum atomic E-state index is 6.29. The molecular weight excluding hydrogens is 683 g/mol. The second kappa shape index (κ2) is 13.1. The summed E-state index contributed by atoms with van der Waals surface area (Å²) in [6.07, 6.45) is 0. The SMILES string of the molecule is c1ccc(-c2ccc3c(c2)c2c(-c4cccc(-c5nc(-c6ccccc6)cc(-c6ccc7c(c6)oc6ccccc67)n5)c4)cccc2n3-c2ccccc2)cc1. The van der Waals surface area contributed by atoms with Crippen LogP contribution in [-0.4, -0.2) is 14.5 Å². The van der Waals surface area contributed by atoms with Crippen LogP contribution in [0.15, 0.2) is 205 Å². The highest BCUT2D eigenvalue weighted by Gasteiger charge is 2.19. The average Bonchev–Trinajstić information content (AvgIpc) is 3.82. The first kappa shape index (κ1) is 31.9. The number of furan rings is 1. The van der Waals surface area contributed by atoms with Crippen LogP contribution >= 0.6 is 0 Å². The molecule has 11 rings (SSSR count). The molecule has 4 heteroatoms. The Labute approximate surface area is 323 Å². The van der Waals surface area contributed by atoms with Crippen molar-refractivity contribution in [3.05, 3.63) is 200 Å². The Balaban J connectivity index is 1.10. The molecule has 0 amide bonds. The molecule has 0 saturated carbocycles. The van der Waals surface area contributed by atoms with Gasteiger partial charge in [0.1, 0.15) is 11.2 Å². The number of para-hydroxylation sites is 2. The molecule has 0 bridgehead atoms. The predicted octanol–water partition coefficient (Wildman–Crippen LogP) is 13.8. The molecule has 8 aromatic carbocycles. The summed E-state index contributed by atoms with van der Waals surface area (Å²) in [7, 11) is 0. The highest BCUT2D eigenvalue weighted by molar-refractivity contribution is 6.16. The van der Waals surface area contributed by atoms with Crippen LogP contribution in [0.25, 0.3) is 106 Å². The van der Waals surface area contributed by atoms with E-state index >= 15 is 0 Å². The second-order valence-corrected chi connectivity index (χ2v) is 14.2. The topological polar surface area (TPSA) is 43.9 Å². The van der Waals surface area contributed by atoms with E-state index in [1.165, 1.54) is 27.4 Å². The van der Waals surface area contributed by atoms with Crippen molar-refractivity contribution in [2.24, 2.45) is 0 Å². The third-order valence-corrected chi connectivity index (χ3v) is 10.8. The molecule has 4 nitrogen and oxygen atoms in total. The predicted molar refractivity (Wildman–Crippen MR) is 231 cm³/mol. The van der Waals surface area contributed by atoms with Crippen LogP contribution in [0.4, 0.5) is 0 Å². The van der Waals surface area contributed by atoms with Crippen molar-refractivity contribution in [3.63, 3.8) is 0 Å². The minimum atomic E-state index is 0.665. The Kier molecular flexibility index (Phi) is 7.46. The lowest BCUT2D eigenvalue weighted by molar-refractivity contribution is 0.669. The minimum absolute atomic E-state index is 0.665. The Morgan fingerprint density at radius 2 is 1.00 bits per heavy atom. The highest BCUT2D eigenvalue weighted by Crippen LogP contribution is 2.41. The zero-order valence-corrected chi connectivity index (χ0v) is 30.3. The van der Waals surface area contributed by atoms with Crippen LogP contribution in [0.1, 0.15) is 0 Å². The van der Waals surface area contributed by atoms with Gasteiger partial charge in [0.25, 0.3) is 0 Å². The minimum Gasteiger partial charge on any atom is -0.456 e. The van der Waals surface area contributed by atoms with Gasteiger partial charge in [-0.2, -0.15) is 0 Å². The van der Waals surface area contributed by atoms with E-state index in [0.717, 1.165) is 72.3 Å². The van der Waals surface area contributed by atoms with Crippen molar-refractivity contribution in [2.75, 3.05) is 0 Å². The summed E-state index contributed by atoms with van der Waals surface area (Å²) in [6, 6.07) is 70.3. The zero-order valence-electron chi connectivity index (χ0n) is 30.3. The van der Waals surface area contributed by atoms with Crippen LogP contribution in [-0.2, 0) is 0 Å². The van der Waals surface area contributed by atoms with E-state index in [9.17, 15) is 0 Å². The first-order valence-corrected chi connectivity index (χ1v) is 18.9. The number of fused-ring (bicyclic) bond motifs is 6. The molecule has 56 heavy (non-hydrogen) atoms. The van der Waals surface area contributed by atoms with Gasteiger partial charge in [0.2, 0.25) is 0 Å². The van der Waals surface area contributed by atoms with E-state index in [1.54, 1.807) is 0 Å². The number of hydrogen-bond acceptors (Lipinski definition) is 3. The van der Waals surface area contributed by atoms with E-state index in [4.69, 9.17) is 14.4 Å². The van der Waals surface area contributed by atoms with E-state index in [0.29, 0.717) is 5.82 Å². The molecule has 3 aromatic heterocycles. The van der Waals surface area contributed by atoms with E-state index in [1.807, 2.05) is 36.4 Å². The van der Waals surface area contributed by atoms with Crippen LogP contribution in [0.3, 0.4) is 0 Å². The maximum Gasteiger partial charge on any atom is 0.160 e. The summed E-state index contributed by atoms with van der Waals surface area (Å²) < 4.78 is 8.67. The molecule has 262 valence electrons. The fourth-order valence-electron chi connectivity index (χ4n) is 8.17. The van der Waals surface area contributed by atoms with Crippen LogP contribution in [0, 0.1) is 0 Å². The van der Waals surface area contributed by atoms with Crippen molar-refractivity contribution in [1.29, 1.82) is 0 Å². The van der Waals surface area contributed by atoms with Gasteiger partial charge in [-0.15, -0.1) is 0 Å². The van der Waals surface area contributed by atoms with E-state index in [-0.39, 0.29) is 0 Å². The molecular formula is C52H33N3O. The number of rotatable bonds is 6. The molecule has 0 aliphatic rings. The molecule has 0 radical (unpaired) electrons. The monoisotopic (exact) mass is 715 g/mol. The molecule has 0 fully saturated rings. The van der Waals surface area contributed by atoms with Gasteiger partial charge in [0, 0.05) is 43.9 Å². The molecule has 0 atom stereocenters. The van der Waals surface area contributed by atoms with E-state index in [2.05, 4.69) is 168 Å². The number of nitrogens with zero attached hydrogens (tertiary/aromatic N) is 3. The van der Waals surface area contributed by atoms with Gasteiger partial charge in [-0.25, -0.2) is 9.97 Å². The normalized spacial score (nSPS) is 11.6. The Morgan fingerprint density at radius 3 is 1.82 bits per heavy atom. The van der Waals surface area contributed by atoms with Crippen molar-refractivity contribution in [1.82, 2.24) is 14.5 Å². The van der Waals surface area contributed by atoms with Gasteiger partial charge in [-0.3, -0.25) is 0 Å². The smallest absolute Gasteiger partial charge is 0.160 e. The van der Waals surface area contributed by atoms with Crippen molar-refractivity contribution >= 4 is 43.7 Å². The molecule has 11 aromatic rings. The van der Waals surface area contributed by atoms with Crippen molar-refractivity contribution in [2.45, 2.75) is 0 Å². The average molecular weight is 716 g/mol. The molecule has 0 aliphatic heterocycles. The van der Waals surface area contributed by atoms with Gasteiger partial charge in [0.05, 0.1) is 22.4 Å². The van der Waals surface area contributed by atoms with Crippen LogP contribution < -0.4 is 0 Å². The Hall–Kier alpha value is -7.56. The summed E-state index contributed by atoms with van der Waals surface area (Å²) in [5.41, 5.74) is 14.5. The quantitative estimate of drug-likeness (QED) is 0.172. The molecule has 0 spiro atoms. The third-order valence-electron chi connectivity index (χ3n) is 10.8. The first-order valence-electron chi connectivity index (χ1n) is 18.9. The Bertz CT molecular complexity index is 3240. The van der Waals surface area contributed by atoms with Gasteiger partial charge in [-0.05, 0) is 82.9 Å². The Morgan fingerprint density at radius 1 is 0.357 bits per heavy atom. The van der Waals surface area contributed by atoms with E-state index < -0.39 is 0 Å². The largest absolute Gasteiger partial charge is 0.456 e. The summed E-state index contributed by atoms with van der Waals surface area (Å²) in [5, 5.41) is 4.61. The van der Waals surface area contributed by atoms with Crippen LogP contribution in [0.5, 0.6) is 0 Å². The van der Waals surface area contributed by atoms with Gasteiger partial charge in [-0.1, -0.05) is 140 Å². The third kappa shape index (κ3) is 5.39. The molecule has 0 saturated heterocycles. The highest BCUT2D eigenvalue weighted by atomic mass is 16.3. The standard InChI is InChI=1S/C52H33N3O/c1-4-14-34(15-5-1)36-27-29-47-44(31-36)51-41(23-13-24-48(51)55(47)40-20-8-3-9-21-40)37-18-12-19-39(30-37)52-53-45(35-16-6-2-7-17-35)33-46(54-52)38-26-28-43-42-22-10-11-25-49(42)56-50(43)32-38/h1-33H. The summed E-state index contributed by atoms with van der Waals surface area (Å²) in [6.45, 7) is 0. The second-order valence-electron chi connectivity index (χ2n) is 14.2. The van der Waals surface area contributed by atoms with Gasteiger partial charge in [0.15, 0.2) is 5.82 Å². The summed E-state index contributed by atoms with van der Waals surface area (Å²) in [5.74, 6) is 0.665. The first-order chi connectivity index (χ1) is 27.7. The number of aromatic nitrogens is 3. The van der Waals surface area contributed by atoms with Crippen molar-refractivity contribution in [3.8, 4) is 61.8 Å². The number of benzene rings is 8. The molecule has 3 heterocycles. The molecule has 0 N–H and O–H groups in total. The summed E-state index contributed by atoms with van der Waals surface area (Å²) >= 11 is 0. The number of hydrogen-bond donors (Lipinski definition) is 0.